The molecule has 0 aliphatic heterocycles. The summed E-state index contributed by atoms with van der Waals surface area (Å²) in [6, 6.07) is 10.00. The number of aryl methyl sites for hydroxylation is 1. The first kappa shape index (κ1) is 20.3. The Labute approximate surface area is 168 Å². The Bertz CT molecular complexity index is 946. The molecule has 0 aromatic heterocycles. The minimum atomic E-state index is -0.937. The van der Waals surface area contributed by atoms with E-state index in [4.69, 9.17) is 0 Å². The highest BCUT2D eigenvalue weighted by Gasteiger charge is 2.32. The van der Waals surface area contributed by atoms with Crippen molar-refractivity contribution in [2.24, 2.45) is 4.99 Å². The minimum Gasteiger partial charge on any atom is -0.478 e. The second-order valence-electron chi connectivity index (χ2n) is 9.59. The Hall–Kier alpha value is -2.42. The van der Waals surface area contributed by atoms with Crippen molar-refractivity contribution < 1.29 is 9.90 Å². The van der Waals surface area contributed by atoms with Crippen LogP contribution in [-0.4, -0.2) is 17.3 Å². The largest absolute Gasteiger partial charge is 0.478 e. The topological polar surface area (TPSA) is 49.7 Å². The van der Waals surface area contributed by atoms with Crippen molar-refractivity contribution in [3.05, 3.63) is 63.7 Å². The van der Waals surface area contributed by atoms with Gasteiger partial charge in [-0.3, -0.25) is 4.99 Å². The lowest BCUT2D eigenvalue weighted by Gasteiger charge is -2.26. The predicted octanol–water partition coefficient (Wildman–Crippen LogP) is 6.16. The van der Waals surface area contributed by atoms with E-state index >= 15 is 0 Å². The number of hydrogen-bond acceptors (Lipinski definition) is 2. The maximum Gasteiger partial charge on any atom is 0.337 e. The minimum absolute atomic E-state index is 0.0894. The van der Waals surface area contributed by atoms with E-state index in [2.05, 4.69) is 51.7 Å². The van der Waals surface area contributed by atoms with Crippen LogP contribution in [0.3, 0.4) is 0 Å². The van der Waals surface area contributed by atoms with E-state index < -0.39 is 5.97 Å². The quantitative estimate of drug-likeness (QED) is 0.649. The van der Waals surface area contributed by atoms with Gasteiger partial charge < -0.3 is 5.11 Å². The summed E-state index contributed by atoms with van der Waals surface area (Å²) < 4.78 is 0. The third-order valence-electron chi connectivity index (χ3n) is 5.94. The number of nitrogens with zero attached hydrogens (tertiary/aromatic N) is 1. The molecule has 2 aromatic rings. The van der Waals surface area contributed by atoms with Crippen molar-refractivity contribution in [3.63, 3.8) is 0 Å². The Balaban J connectivity index is 1.99. The molecule has 0 unspecified atom stereocenters. The van der Waals surface area contributed by atoms with Gasteiger partial charge in [0.1, 0.15) is 0 Å². The van der Waals surface area contributed by atoms with Gasteiger partial charge >= 0.3 is 5.97 Å². The second kappa shape index (κ2) is 7.20. The van der Waals surface area contributed by atoms with E-state index in [1.165, 1.54) is 28.7 Å². The lowest BCUT2D eigenvalue weighted by atomic mass is 9.79. The summed E-state index contributed by atoms with van der Waals surface area (Å²) in [7, 11) is 0. The smallest absolute Gasteiger partial charge is 0.337 e. The molecule has 2 aromatic carbocycles. The summed E-state index contributed by atoms with van der Waals surface area (Å²) in [6.45, 7) is 13.3. The molecule has 1 N–H and O–H groups in total. The van der Waals surface area contributed by atoms with Crippen molar-refractivity contribution in [1.29, 1.82) is 0 Å². The molecule has 0 spiro atoms. The van der Waals surface area contributed by atoms with Gasteiger partial charge in [-0.15, -0.1) is 0 Å². The van der Waals surface area contributed by atoms with Crippen molar-refractivity contribution in [2.45, 2.75) is 71.6 Å². The maximum atomic E-state index is 11.5. The molecular weight excluding hydrogens is 346 g/mol. The third kappa shape index (κ3) is 3.89. The van der Waals surface area contributed by atoms with Crippen LogP contribution in [0, 0.1) is 6.92 Å². The summed E-state index contributed by atoms with van der Waals surface area (Å²) in [6.07, 6.45) is 4.86. The zero-order valence-corrected chi connectivity index (χ0v) is 17.9. The monoisotopic (exact) mass is 377 g/mol. The SMILES string of the molecule is Cc1cccc(C(=O)O)c1N=CCc1cc(C(C)(C)C)cc2c1CCC2(C)C. The Morgan fingerprint density at radius 1 is 1.25 bits per heavy atom. The van der Waals surface area contributed by atoms with E-state index in [1.54, 1.807) is 12.1 Å². The van der Waals surface area contributed by atoms with Gasteiger partial charge in [0.15, 0.2) is 0 Å². The average Bonchev–Trinajstić information content (AvgIpc) is 2.90. The molecule has 3 nitrogen and oxygen atoms in total. The maximum absolute atomic E-state index is 11.5. The molecule has 0 saturated carbocycles. The molecule has 0 saturated heterocycles. The highest BCUT2D eigenvalue weighted by atomic mass is 16.4. The van der Waals surface area contributed by atoms with Crippen molar-refractivity contribution >= 4 is 17.9 Å². The zero-order valence-electron chi connectivity index (χ0n) is 17.9. The van der Waals surface area contributed by atoms with Crippen molar-refractivity contribution in [3.8, 4) is 0 Å². The van der Waals surface area contributed by atoms with Crippen LogP contribution < -0.4 is 0 Å². The van der Waals surface area contributed by atoms with Crippen LogP contribution in [-0.2, 0) is 23.7 Å². The van der Waals surface area contributed by atoms with E-state index in [1.807, 2.05) is 19.2 Å². The Kier molecular flexibility index (Phi) is 5.22. The number of rotatable bonds is 4. The number of carbonyl (C=O) groups is 1. The van der Waals surface area contributed by atoms with E-state index in [0.717, 1.165) is 18.4 Å². The number of hydrogen-bond donors (Lipinski definition) is 1. The van der Waals surface area contributed by atoms with Crippen LogP contribution in [0.25, 0.3) is 0 Å². The average molecular weight is 378 g/mol. The van der Waals surface area contributed by atoms with Crippen LogP contribution in [0.5, 0.6) is 0 Å². The molecule has 0 bridgehead atoms. The fraction of sp³-hybridized carbons (Fsp3) is 0.440. The number of para-hydroxylation sites is 1. The summed E-state index contributed by atoms with van der Waals surface area (Å²) in [5.41, 5.74) is 7.57. The lowest BCUT2D eigenvalue weighted by molar-refractivity contribution is 0.0697. The number of carboxylic acid groups (broad SMARTS) is 1. The van der Waals surface area contributed by atoms with Crippen molar-refractivity contribution in [2.75, 3.05) is 0 Å². The molecule has 148 valence electrons. The Morgan fingerprint density at radius 2 is 1.96 bits per heavy atom. The molecule has 0 fully saturated rings. The van der Waals surface area contributed by atoms with Crippen LogP contribution >= 0.6 is 0 Å². The zero-order chi connectivity index (χ0) is 20.7. The fourth-order valence-corrected chi connectivity index (χ4v) is 4.06. The molecule has 28 heavy (non-hydrogen) atoms. The number of benzene rings is 2. The number of carboxylic acids is 1. The van der Waals surface area contributed by atoms with Gasteiger partial charge in [-0.05, 0) is 64.5 Å². The van der Waals surface area contributed by atoms with Crippen LogP contribution in [0.4, 0.5) is 5.69 Å². The fourth-order valence-electron chi connectivity index (χ4n) is 4.06. The number of aliphatic imine (C=N–C) groups is 1. The molecule has 3 heteroatoms. The number of aromatic carboxylic acids is 1. The third-order valence-corrected chi connectivity index (χ3v) is 5.94. The molecule has 3 rings (SSSR count). The lowest BCUT2D eigenvalue weighted by Crippen LogP contribution is -2.17. The summed E-state index contributed by atoms with van der Waals surface area (Å²) in [4.78, 5) is 16.1. The van der Waals surface area contributed by atoms with Gasteiger partial charge in [0.25, 0.3) is 0 Å². The van der Waals surface area contributed by atoms with Gasteiger partial charge in [0.05, 0.1) is 11.3 Å². The highest BCUT2D eigenvalue weighted by molar-refractivity contribution is 5.95. The predicted molar refractivity (Wildman–Crippen MR) is 116 cm³/mol. The molecule has 1 aliphatic carbocycles. The van der Waals surface area contributed by atoms with Gasteiger partial charge in [-0.25, -0.2) is 4.79 Å². The van der Waals surface area contributed by atoms with E-state index in [9.17, 15) is 9.90 Å². The first-order valence-corrected chi connectivity index (χ1v) is 10.0. The molecule has 0 heterocycles. The molecule has 1 aliphatic rings. The second-order valence-corrected chi connectivity index (χ2v) is 9.59. The van der Waals surface area contributed by atoms with Gasteiger partial charge in [-0.2, -0.15) is 0 Å². The normalized spacial score (nSPS) is 15.8. The van der Waals surface area contributed by atoms with Crippen LogP contribution in [0.15, 0.2) is 35.3 Å². The van der Waals surface area contributed by atoms with E-state index in [-0.39, 0.29) is 16.4 Å². The number of fused-ring (bicyclic) bond motifs is 1. The van der Waals surface area contributed by atoms with Gasteiger partial charge in [0, 0.05) is 12.6 Å². The molecule has 0 amide bonds. The first-order valence-electron chi connectivity index (χ1n) is 10.0. The van der Waals surface area contributed by atoms with Crippen molar-refractivity contribution in [1.82, 2.24) is 0 Å². The first-order chi connectivity index (χ1) is 13.0. The summed E-state index contributed by atoms with van der Waals surface area (Å²) in [5, 5.41) is 9.44. The summed E-state index contributed by atoms with van der Waals surface area (Å²) in [5.74, 6) is -0.937. The Morgan fingerprint density at radius 3 is 2.61 bits per heavy atom. The van der Waals surface area contributed by atoms with Crippen LogP contribution in [0.1, 0.15) is 79.2 Å². The standard InChI is InChI=1S/C25H31NO2/c1-16-8-7-9-20(23(27)28)22(16)26-13-11-17-14-18(24(2,3)4)15-21-19(17)10-12-25(21,5)6/h7-9,13-15H,10-12H2,1-6H3,(H,27,28). The highest BCUT2D eigenvalue weighted by Crippen LogP contribution is 2.42. The molecule has 0 radical (unpaired) electrons. The van der Waals surface area contributed by atoms with Crippen LogP contribution in [0.2, 0.25) is 0 Å². The molecular formula is C25H31NO2. The van der Waals surface area contributed by atoms with E-state index in [0.29, 0.717) is 5.69 Å². The van der Waals surface area contributed by atoms with Gasteiger partial charge in [0.2, 0.25) is 0 Å². The molecule has 0 atom stereocenters. The van der Waals surface area contributed by atoms with Gasteiger partial charge in [-0.1, -0.05) is 58.9 Å². The summed E-state index contributed by atoms with van der Waals surface area (Å²) >= 11 is 0.